The van der Waals surface area contributed by atoms with Gasteiger partial charge in [-0.15, -0.1) is 0 Å². The molecule has 1 N–H and O–H groups in total. The zero-order chi connectivity index (χ0) is 23.6. The van der Waals surface area contributed by atoms with Gasteiger partial charge in [0.25, 0.3) is 0 Å². The van der Waals surface area contributed by atoms with Gasteiger partial charge in [0, 0.05) is 18.4 Å². The highest BCUT2D eigenvalue weighted by molar-refractivity contribution is 6.01. The Morgan fingerprint density at radius 2 is 1.55 bits per heavy atom. The number of amides is 2. The van der Waals surface area contributed by atoms with E-state index in [0.29, 0.717) is 6.61 Å². The van der Waals surface area contributed by atoms with E-state index in [0.717, 1.165) is 28.1 Å². The van der Waals surface area contributed by atoms with Gasteiger partial charge in [0.2, 0.25) is 5.76 Å². The average Bonchev–Trinajstić information content (AvgIpc) is 2.84. The number of para-hydroxylation sites is 1. The second-order valence-electron chi connectivity index (χ2n) is 7.19. The van der Waals surface area contributed by atoms with E-state index >= 15 is 0 Å². The van der Waals surface area contributed by atoms with E-state index in [1.807, 2.05) is 85.8 Å². The molecule has 0 bridgehead atoms. The van der Waals surface area contributed by atoms with Crippen molar-refractivity contribution in [1.29, 1.82) is 0 Å². The fourth-order valence-corrected chi connectivity index (χ4v) is 3.18. The summed E-state index contributed by atoms with van der Waals surface area (Å²) in [5.74, 6) is -0.298. The Morgan fingerprint density at radius 3 is 2.21 bits per heavy atom. The molecule has 170 valence electrons. The average molecular weight is 445 g/mol. The van der Waals surface area contributed by atoms with Gasteiger partial charge in [-0.2, -0.15) is 0 Å². The molecule has 0 aromatic heterocycles. The van der Waals surface area contributed by atoms with Gasteiger partial charge < -0.3 is 14.8 Å². The van der Waals surface area contributed by atoms with E-state index in [1.165, 1.54) is 0 Å². The van der Waals surface area contributed by atoms with Crippen LogP contribution in [0.3, 0.4) is 0 Å². The van der Waals surface area contributed by atoms with Gasteiger partial charge in [-0.3, -0.25) is 4.90 Å². The summed E-state index contributed by atoms with van der Waals surface area (Å²) >= 11 is 0. The number of hydrogen-bond acceptors (Lipinski definition) is 4. The molecule has 3 rings (SSSR count). The minimum absolute atomic E-state index is 0.181. The number of hydrogen-bond donors (Lipinski definition) is 1. The first-order valence-corrected chi connectivity index (χ1v) is 10.8. The van der Waals surface area contributed by atoms with Crippen molar-refractivity contribution < 1.29 is 19.1 Å². The van der Waals surface area contributed by atoms with Gasteiger partial charge in [0.1, 0.15) is 0 Å². The van der Waals surface area contributed by atoms with Crippen LogP contribution >= 0.6 is 0 Å². The lowest BCUT2D eigenvalue weighted by molar-refractivity contribution is -0.142. The van der Waals surface area contributed by atoms with Crippen molar-refractivity contribution in [2.75, 3.05) is 30.5 Å². The van der Waals surface area contributed by atoms with E-state index < -0.39 is 5.97 Å². The van der Waals surface area contributed by atoms with Crippen LogP contribution in [0.2, 0.25) is 0 Å². The maximum absolute atomic E-state index is 12.6. The van der Waals surface area contributed by atoms with Crippen LogP contribution < -0.4 is 10.2 Å². The summed E-state index contributed by atoms with van der Waals surface area (Å²) in [5.41, 5.74) is 4.29. The van der Waals surface area contributed by atoms with Gasteiger partial charge in [-0.25, -0.2) is 9.59 Å². The van der Waals surface area contributed by atoms with Crippen LogP contribution in [0.1, 0.15) is 19.4 Å². The Bertz CT molecular complexity index is 1110. The first-order valence-electron chi connectivity index (χ1n) is 10.8. The number of esters is 1. The monoisotopic (exact) mass is 444 g/mol. The number of ether oxygens (including phenoxy) is 2. The number of carbonyl (C=O) groups excluding carboxylic acids is 2. The van der Waals surface area contributed by atoms with Crippen molar-refractivity contribution >= 4 is 29.5 Å². The van der Waals surface area contributed by atoms with E-state index in [1.54, 1.807) is 24.9 Å². The first kappa shape index (κ1) is 23.6. The minimum atomic E-state index is -0.479. The molecule has 6 nitrogen and oxygen atoms in total. The van der Waals surface area contributed by atoms with Gasteiger partial charge in [0.15, 0.2) is 0 Å². The fraction of sp³-hybridized carbons (Fsp3) is 0.185. The van der Waals surface area contributed by atoms with Crippen LogP contribution in [0.15, 0.2) is 84.6 Å². The first-order chi connectivity index (χ1) is 16.0. The number of urea groups is 1. The molecule has 0 radical (unpaired) electrons. The minimum Gasteiger partial charge on any atom is -0.487 e. The van der Waals surface area contributed by atoms with Gasteiger partial charge in [-0.1, -0.05) is 54.6 Å². The molecule has 0 saturated heterocycles. The standard InChI is InChI=1S/C27H28N2O4/c1-4-32-25(26(30)33-5-2)18-20-14-16-21(17-15-20)22-10-9-13-24(19-22)29(3)27(31)28-23-11-7-6-8-12-23/h6-19H,4-5H2,1-3H3,(H,28,31)/b25-18-. The molecule has 0 aliphatic heterocycles. The highest BCUT2D eigenvalue weighted by Crippen LogP contribution is 2.26. The number of anilines is 2. The molecule has 0 unspecified atom stereocenters. The molecule has 0 aliphatic rings. The highest BCUT2D eigenvalue weighted by atomic mass is 16.6. The Morgan fingerprint density at radius 1 is 0.848 bits per heavy atom. The van der Waals surface area contributed by atoms with Crippen molar-refractivity contribution in [2.24, 2.45) is 0 Å². The van der Waals surface area contributed by atoms with Crippen molar-refractivity contribution in [3.05, 3.63) is 90.2 Å². The normalized spacial score (nSPS) is 10.9. The van der Waals surface area contributed by atoms with Crippen LogP contribution in [0.5, 0.6) is 0 Å². The highest BCUT2D eigenvalue weighted by Gasteiger charge is 2.13. The molecule has 0 fully saturated rings. The van der Waals surface area contributed by atoms with Gasteiger partial charge in [-0.05, 0) is 60.9 Å². The zero-order valence-corrected chi connectivity index (χ0v) is 19.1. The summed E-state index contributed by atoms with van der Waals surface area (Å²) in [6, 6.07) is 24.6. The van der Waals surface area contributed by atoms with E-state index in [2.05, 4.69) is 5.32 Å². The van der Waals surface area contributed by atoms with E-state index in [9.17, 15) is 9.59 Å². The van der Waals surface area contributed by atoms with Crippen LogP contribution in [0, 0.1) is 0 Å². The van der Waals surface area contributed by atoms with E-state index in [4.69, 9.17) is 9.47 Å². The topological polar surface area (TPSA) is 67.9 Å². The molecule has 2 amide bonds. The van der Waals surface area contributed by atoms with Crippen LogP contribution in [0.4, 0.5) is 16.2 Å². The number of carbonyl (C=O) groups is 2. The molecule has 0 atom stereocenters. The van der Waals surface area contributed by atoms with Crippen LogP contribution in [-0.2, 0) is 14.3 Å². The predicted octanol–water partition coefficient (Wildman–Crippen LogP) is 5.96. The van der Waals surface area contributed by atoms with Crippen LogP contribution in [0.25, 0.3) is 17.2 Å². The summed E-state index contributed by atoms with van der Waals surface area (Å²) in [7, 11) is 1.73. The molecular formula is C27H28N2O4. The third-order valence-electron chi connectivity index (χ3n) is 4.88. The lowest BCUT2D eigenvalue weighted by atomic mass is 10.0. The van der Waals surface area contributed by atoms with Crippen molar-refractivity contribution in [3.63, 3.8) is 0 Å². The van der Waals surface area contributed by atoms with Crippen molar-refractivity contribution in [3.8, 4) is 11.1 Å². The smallest absolute Gasteiger partial charge is 0.373 e. The Balaban J connectivity index is 1.76. The summed E-state index contributed by atoms with van der Waals surface area (Å²) in [6.45, 7) is 4.24. The predicted molar refractivity (Wildman–Crippen MR) is 132 cm³/mol. The summed E-state index contributed by atoms with van der Waals surface area (Å²) < 4.78 is 10.5. The number of rotatable bonds is 8. The maximum atomic E-state index is 12.6. The Hall–Kier alpha value is -4.06. The Labute approximate surface area is 194 Å². The third kappa shape index (κ3) is 6.46. The Kier molecular flexibility index (Phi) is 8.24. The van der Waals surface area contributed by atoms with Crippen molar-refractivity contribution in [2.45, 2.75) is 13.8 Å². The molecule has 0 aliphatic carbocycles. The SMILES string of the molecule is CCOC(=O)/C(=C/c1ccc(-c2cccc(N(C)C(=O)Nc3ccccc3)c2)cc1)OCC. The summed E-state index contributed by atoms with van der Waals surface area (Å²) in [6.07, 6.45) is 1.67. The quantitative estimate of drug-likeness (QED) is 0.264. The second-order valence-corrected chi connectivity index (χ2v) is 7.19. The summed E-state index contributed by atoms with van der Waals surface area (Å²) in [5, 5.41) is 2.88. The number of nitrogens with zero attached hydrogens (tertiary/aromatic N) is 1. The van der Waals surface area contributed by atoms with Gasteiger partial charge >= 0.3 is 12.0 Å². The maximum Gasteiger partial charge on any atom is 0.373 e. The number of nitrogens with one attached hydrogen (secondary N) is 1. The van der Waals surface area contributed by atoms with Crippen molar-refractivity contribution in [1.82, 2.24) is 0 Å². The molecule has 33 heavy (non-hydrogen) atoms. The molecule has 0 saturated carbocycles. The zero-order valence-electron chi connectivity index (χ0n) is 19.1. The lowest BCUT2D eigenvalue weighted by Gasteiger charge is -2.19. The third-order valence-corrected chi connectivity index (χ3v) is 4.88. The number of benzene rings is 3. The molecule has 6 heteroatoms. The molecular weight excluding hydrogens is 416 g/mol. The second kappa shape index (κ2) is 11.5. The lowest BCUT2D eigenvalue weighted by Crippen LogP contribution is -2.31. The molecule has 3 aromatic rings. The largest absolute Gasteiger partial charge is 0.487 e. The van der Waals surface area contributed by atoms with Gasteiger partial charge in [0.05, 0.1) is 13.2 Å². The molecule has 0 heterocycles. The molecule has 0 spiro atoms. The fourth-order valence-electron chi connectivity index (χ4n) is 3.18. The van der Waals surface area contributed by atoms with Crippen LogP contribution in [-0.4, -0.2) is 32.3 Å². The summed E-state index contributed by atoms with van der Waals surface area (Å²) in [4.78, 5) is 26.2. The van der Waals surface area contributed by atoms with E-state index in [-0.39, 0.29) is 18.4 Å². The molecule has 3 aromatic carbocycles.